The molecule has 0 saturated carbocycles. The van der Waals surface area contributed by atoms with Gasteiger partial charge in [0.1, 0.15) is 5.75 Å². The van der Waals surface area contributed by atoms with Crippen molar-refractivity contribution in [2.45, 2.75) is 25.7 Å². The molecule has 1 heterocycles. The number of benzene rings is 2. The highest BCUT2D eigenvalue weighted by molar-refractivity contribution is 7.80. The molecule has 29 heavy (non-hydrogen) atoms. The second kappa shape index (κ2) is 10.0. The van der Waals surface area contributed by atoms with Crippen molar-refractivity contribution in [2.24, 2.45) is 0 Å². The van der Waals surface area contributed by atoms with Gasteiger partial charge in [-0.05, 0) is 73.4 Å². The Morgan fingerprint density at radius 1 is 1.00 bits per heavy atom. The number of likely N-dealkylation sites (tertiary alicyclic amines) is 1. The minimum absolute atomic E-state index is 0.0617. The normalized spacial score (nSPS) is 13.5. The zero-order chi connectivity index (χ0) is 20.6. The second-order valence-corrected chi connectivity index (χ2v) is 7.37. The highest BCUT2D eigenvalue weighted by Gasteiger charge is 2.18. The van der Waals surface area contributed by atoms with E-state index in [1.54, 1.807) is 31.4 Å². The van der Waals surface area contributed by atoms with Gasteiger partial charge in [-0.2, -0.15) is 0 Å². The van der Waals surface area contributed by atoms with Crippen molar-refractivity contribution in [3.05, 3.63) is 59.7 Å². The van der Waals surface area contributed by atoms with Crippen molar-refractivity contribution in [3.63, 3.8) is 0 Å². The average Bonchev–Trinajstić information content (AvgIpc) is 2.74. The van der Waals surface area contributed by atoms with Crippen LogP contribution in [0.1, 0.15) is 35.2 Å². The maximum Gasteiger partial charge on any atom is 0.253 e. The summed E-state index contributed by atoms with van der Waals surface area (Å²) in [5.41, 5.74) is 2.24. The Morgan fingerprint density at radius 2 is 1.66 bits per heavy atom. The van der Waals surface area contributed by atoms with E-state index in [2.05, 4.69) is 10.6 Å². The zero-order valence-electron chi connectivity index (χ0n) is 16.4. The number of carbonyl (C=O) groups is 2. The molecule has 1 saturated heterocycles. The van der Waals surface area contributed by atoms with E-state index < -0.39 is 0 Å². The lowest BCUT2D eigenvalue weighted by atomic mass is 10.1. The number of hydrogen-bond acceptors (Lipinski definition) is 4. The SMILES string of the molecule is COc1ccc(CC(=O)NC(=S)Nc2ccc(C(=O)N3CCCCC3)cc2)cc1. The summed E-state index contributed by atoms with van der Waals surface area (Å²) in [7, 11) is 1.60. The predicted octanol–water partition coefficient (Wildman–Crippen LogP) is 3.38. The molecule has 2 N–H and O–H groups in total. The molecule has 2 aromatic carbocycles. The van der Waals surface area contributed by atoms with Crippen LogP contribution in [0.5, 0.6) is 5.75 Å². The number of rotatable bonds is 5. The first-order valence-corrected chi connectivity index (χ1v) is 10.1. The Bertz CT molecular complexity index is 860. The fourth-order valence-electron chi connectivity index (χ4n) is 3.24. The number of nitrogens with zero attached hydrogens (tertiary/aromatic N) is 1. The van der Waals surface area contributed by atoms with Gasteiger partial charge in [-0.15, -0.1) is 0 Å². The van der Waals surface area contributed by atoms with E-state index in [0.717, 1.165) is 42.9 Å². The number of amides is 2. The van der Waals surface area contributed by atoms with Gasteiger partial charge in [-0.25, -0.2) is 0 Å². The largest absolute Gasteiger partial charge is 0.497 e. The molecule has 0 aromatic heterocycles. The monoisotopic (exact) mass is 411 g/mol. The molecule has 152 valence electrons. The lowest BCUT2D eigenvalue weighted by Gasteiger charge is -2.26. The van der Waals surface area contributed by atoms with Gasteiger partial charge in [0, 0.05) is 24.3 Å². The molecule has 2 amide bonds. The van der Waals surface area contributed by atoms with Crippen molar-refractivity contribution in [1.82, 2.24) is 10.2 Å². The van der Waals surface area contributed by atoms with E-state index in [0.29, 0.717) is 5.56 Å². The Morgan fingerprint density at radius 3 is 2.28 bits per heavy atom. The van der Waals surface area contributed by atoms with Crippen molar-refractivity contribution in [1.29, 1.82) is 0 Å². The first-order chi connectivity index (χ1) is 14.0. The van der Waals surface area contributed by atoms with E-state index in [-0.39, 0.29) is 23.3 Å². The fourth-order valence-corrected chi connectivity index (χ4v) is 3.47. The summed E-state index contributed by atoms with van der Waals surface area (Å²) in [5.74, 6) is 0.602. The molecular weight excluding hydrogens is 386 g/mol. The molecule has 0 radical (unpaired) electrons. The number of carbonyl (C=O) groups excluding carboxylic acids is 2. The highest BCUT2D eigenvalue weighted by Crippen LogP contribution is 2.16. The van der Waals surface area contributed by atoms with Crippen LogP contribution < -0.4 is 15.4 Å². The summed E-state index contributed by atoms with van der Waals surface area (Å²) < 4.78 is 5.11. The minimum Gasteiger partial charge on any atom is -0.497 e. The van der Waals surface area contributed by atoms with Crippen molar-refractivity contribution in [3.8, 4) is 5.75 Å². The van der Waals surface area contributed by atoms with Crippen LogP contribution >= 0.6 is 12.2 Å². The maximum atomic E-state index is 12.5. The van der Waals surface area contributed by atoms with Crippen LogP contribution in [-0.2, 0) is 11.2 Å². The second-order valence-electron chi connectivity index (χ2n) is 6.96. The van der Waals surface area contributed by atoms with E-state index in [1.165, 1.54) is 6.42 Å². The number of methoxy groups -OCH3 is 1. The first kappa shape index (κ1) is 20.8. The third kappa shape index (κ3) is 6.02. The summed E-state index contributed by atoms with van der Waals surface area (Å²) >= 11 is 5.22. The smallest absolute Gasteiger partial charge is 0.253 e. The number of ether oxygens (including phenoxy) is 1. The van der Waals surface area contributed by atoms with Gasteiger partial charge in [0.2, 0.25) is 5.91 Å². The molecule has 1 aliphatic heterocycles. The van der Waals surface area contributed by atoms with Crippen LogP contribution in [0.25, 0.3) is 0 Å². The average molecular weight is 412 g/mol. The number of anilines is 1. The van der Waals surface area contributed by atoms with E-state index in [4.69, 9.17) is 17.0 Å². The highest BCUT2D eigenvalue weighted by atomic mass is 32.1. The Hall–Kier alpha value is -2.93. The molecule has 7 heteroatoms. The molecule has 0 bridgehead atoms. The fraction of sp³-hybridized carbons (Fsp3) is 0.318. The van der Waals surface area contributed by atoms with E-state index in [1.807, 2.05) is 29.2 Å². The summed E-state index contributed by atoms with van der Waals surface area (Å²) in [4.78, 5) is 26.6. The molecule has 2 aromatic rings. The van der Waals surface area contributed by atoms with Crippen molar-refractivity contribution < 1.29 is 14.3 Å². The molecule has 3 rings (SSSR count). The molecule has 0 spiro atoms. The van der Waals surface area contributed by atoms with Gasteiger partial charge in [0.25, 0.3) is 5.91 Å². The molecule has 0 unspecified atom stereocenters. The summed E-state index contributed by atoms with van der Waals surface area (Å²) in [6.45, 7) is 1.65. The predicted molar refractivity (Wildman–Crippen MR) is 117 cm³/mol. The Balaban J connectivity index is 1.49. The van der Waals surface area contributed by atoms with Gasteiger partial charge in [0.15, 0.2) is 5.11 Å². The summed E-state index contributed by atoms with van der Waals surface area (Å²) in [5, 5.41) is 5.87. The van der Waals surface area contributed by atoms with Crippen LogP contribution in [0.3, 0.4) is 0 Å². The Kier molecular flexibility index (Phi) is 7.19. The maximum absolute atomic E-state index is 12.5. The standard InChI is InChI=1S/C22H25N3O3S/c1-28-19-11-5-16(6-12-19)15-20(26)24-22(29)23-18-9-7-17(8-10-18)21(27)25-13-3-2-4-14-25/h5-12H,2-4,13-15H2,1H3,(H2,23,24,26,29). The van der Waals surface area contributed by atoms with Gasteiger partial charge >= 0.3 is 0 Å². The zero-order valence-corrected chi connectivity index (χ0v) is 17.3. The van der Waals surface area contributed by atoms with E-state index in [9.17, 15) is 9.59 Å². The molecule has 1 aliphatic rings. The molecular formula is C22H25N3O3S. The first-order valence-electron chi connectivity index (χ1n) is 9.68. The third-order valence-corrected chi connectivity index (χ3v) is 5.01. The van der Waals surface area contributed by atoms with Gasteiger partial charge < -0.3 is 20.3 Å². The number of nitrogens with one attached hydrogen (secondary N) is 2. The van der Waals surface area contributed by atoms with Crippen molar-refractivity contribution in [2.75, 3.05) is 25.5 Å². The number of hydrogen-bond donors (Lipinski definition) is 2. The van der Waals surface area contributed by atoms with Crippen LogP contribution in [-0.4, -0.2) is 42.0 Å². The topological polar surface area (TPSA) is 70.7 Å². The van der Waals surface area contributed by atoms with Gasteiger partial charge in [0.05, 0.1) is 13.5 Å². The summed E-state index contributed by atoms with van der Waals surface area (Å²) in [6, 6.07) is 14.4. The van der Waals surface area contributed by atoms with E-state index >= 15 is 0 Å². The number of thiocarbonyl (C=S) groups is 1. The van der Waals surface area contributed by atoms with Gasteiger partial charge in [-0.3, -0.25) is 9.59 Å². The lowest BCUT2D eigenvalue weighted by Crippen LogP contribution is -2.36. The number of piperidine rings is 1. The lowest BCUT2D eigenvalue weighted by molar-refractivity contribution is -0.119. The minimum atomic E-state index is -0.204. The third-order valence-electron chi connectivity index (χ3n) is 4.81. The van der Waals surface area contributed by atoms with Crippen molar-refractivity contribution >= 4 is 34.8 Å². The quantitative estimate of drug-likeness (QED) is 0.738. The van der Waals surface area contributed by atoms with Crippen LogP contribution in [0.2, 0.25) is 0 Å². The van der Waals surface area contributed by atoms with Gasteiger partial charge in [-0.1, -0.05) is 12.1 Å². The Labute approximate surface area is 176 Å². The molecule has 0 atom stereocenters. The van der Waals surface area contributed by atoms with Crippen LogP contribution in [0, 0.1) is 0 Å². The van der Waals surface area contributed by atoms with Crippen LogP contribution in [0.15, 0.2) is 48.5 Å². The molecule has 6 nitrogen and oxygen atoms in total. The molecule has 1 fully saturated rings. The summed E-state index contributed by atoms with van der Waals surface area (Å²) in [6.07, 6.45) is 3.54. The van der Waals surface area contributed by atoms with Crippen LogP contribution in [0.4, 0.5) is 5.69 Å². The molecule has 0 aliphatic carbocycles.